The number of ether oxygens (including phenoxy) is 1. The Kier molecular flexibility index (Phi) is 6.48. The van der Waals surface area contributed by atoms with Gasteiger partial charge in [0.25, 0.3) is 0 Å². The van der Waals surface area contributed by atoms with Gasteiger partial charge in [-0.1, -0.05) is 53.9 Å². The summed E-state index contributed by atoms with van der Waals surface area (Å²) in [6.07, 6.45) is 18.1. The molecule has 4 fully saturated rings. The third-order valence-corrected chi connectivity index (χ3v) is 11.2. The van der Waals surface area contributed by atoms with Crippen LogP contribution >= 0.6 is 0 Å². The summed E-state index contributed by atoms with van der Waals surface area (Å²) in [6, 6.07) is 0. The van der Waals surface area contributed by atoms with Gasteiger partial charge in [-0.25, -0.2) is 0 Å². The van der Waals surface area contributed by atoms with E-state index in [9.17, 15) is 0 Å². The SMILES string of the molecule is CO[C@H]1CC[C@@]2(C)C(CCC3C2CC[C@@]2(C)C3CC[C@@H]2[C@H](C)CCCC(C)C)C1. The summed E-state index contributed by atoms with van der Waals surface area (Å²) in [4.78, 5) is 0. The van der Waals surface area contributed by atoms with Gasteiger partial charge >= 0.3 is 0 Å². The number of hydrogen-bond donors (Lipinski definition) is 0. The van der Waals surface area contributed by atoms with Crippen molar-refractivity contribution in [3.8, 4) is 0 Å². The van der Waals surface area contributed by atoms with Crippen LogP contribution in [0.25, 0.3) is 0 Å². The van der Waals surface area contributed by atoms with E-state index in [2.05, 4.69) is 34.6 Å². The van der Waals surface area contributed by atoms with Gasteiger partial charge in [-0.2, -0.15) is 0 Å². The topological polar surface area (TPSA) is 9.23 Å². The Labute approximate surface area is 182 Å². The Balaban J connectivity index is 1.45. The lowest BCUT2D eigenvalue weighted by molar-refractivity contribution is -0.133. The first-order valence-corrected chi connectivity index (χ1v) is 13.3. The fourth-order valence-electron chi connectivity index (χ4n) is 9.46. The first-order chi connectivity index (χ1) is 13.8. The minimum absolute atomic E-state index is 0.543. The molecule has 0 aliphatic heterocycles. The van der Waals surface area contributed by atoms with Crippen LogP contribution in [0.1, 0.15) is 112 Å². The minimum atomic E-state index is 0.543. The molecule has 0 bridgehead atoms. The molecule has 0 saturated heterocycles. The highest BCUT2D eigenvalue weighted by molar-refractivity contribution is 5.09. The average molecular weight is 403 g/mol. The van der Waals surface area contributed by atoms with Gasteiger partial charge in [0.1, 0.15) is 0 Å². The zero-order valence-corrected chi connectivity index (χ0v) is 20.5. The summed E-state index contributed by atoms with van der Waals surface area (Å²) in [7, 11) is 1.94. The number of fused-ring (bicyclic) bond motifs is 5. The predicted octanol–water partition coefficient (Wildman–Crippen LogP) is 8.12. The van der Waals surface area contributed by atoms with E-state index in [1.165, 1.54) is 77.0 Å². The first-order valence-electron chi connectivity index (χ1n) is 13.3. The molecule has 0 amide bonds. The van der Waals surface area contributed by atoms with Crippen molar-refractivity contribution in [3.63, 3.8) is 0 Å². The lowest BCUT2D eigenvalue weighted by Crippen LogP contribution is -2.54. The Morgan fingerprint density at radius 1 is 0.828 bits per heavy atom. The van der Waals surface area contributed by atoms with Crippen molar-refractivity contribution < 1.29 is 4.74 Å². The molecular weight excluding hydrogens is 352 g/mol. The van der Waals surface area contributed by atoms with E-state index in [0.717, 1.165) is 41.4 Å². The summed E-state index contributed by atoms with van der Waals surface area (Å²) in [5.74, 6) is 6.79. The molecule has 0 aromatic heterocycles. The third-order valence-electron chi connectivity index (χ3n) is 11.2. The highest BCUT2D eigenvalue weighted by Gasteiger charge is 2.60. The van der Waals surface area contributed by atoms with Crippen LogP contribution in [0.3, 0.4) is 0 Å². The number of rotatable bonds is 6. The molecule has 4 saturated carbocycles. The molecule has 0 N–H and O–H groups in total. The van der Waals surface area contributed by atoms with Crippen LogP contribution < -0.4 is 0 Å². The van der Waals surface area contributed by atoms with Gasteiger partial charge < -0.3 is 4.74 Å². The molecular formula is C28H50O. The van der Waals surface area contributed by atoms with Gasteiger partial charge in [0.15, 0.2) is 0 Å². The third kappa shape index (κ3) is 3.85. The van der Waals surface area contributed by atoms with E-state index in [1.807, 2.05) is 7.11 Å². The summed E-state index contributed by atoms with van der Waals surface area (Å²) in [5, 5.41) is 0. The van der Waals surface area contributed by atoms with Gasteiger partial charge in [0, 0.05) is 7.11 Å². The molecule has 168 valence electrons. The molecule has 0 spiro atoms. The van der Waals surface area contributed by atoms with E-state index in [1.54, 1.807) is 0 Å². The van der Waals surface area contributed by atoms with Crippen molar-refractivity contribution in [1.82, 2.24) is 0 Å². The van der Waals surface area contributed by atoms with Crippen molar-refractivity contribution >= 4 is 0 Å². The molecule has 1 nitrogen and oxygen atoms in total. The average Bonchev–Trinajstić information content (AvgIpc) is 3.04. The van der Waals surface area contributed by atoms with Crippen LogP contribution in [-0.4, -0.2) is 13.2 Å². The molecule has 9 atom stereocenters. The molecule has 0 radical (unpaired) electrons. The summed E-state index contributed by atoms with van der Waals surface area (Å²) >= 11 is 0. The van der Waals surface area contributed by atoms with Crippen LogP contribution in [-0.2, 0) is 4.74 Å². The normalized spacial score (nSPS) is 48.1. The largest absolute Gasteiger partial charge is 0.381 e. The Morgan fingerprint density at radius 3 is 2.28 bits per heavy atom. The predicted molar refractivity (Wildman–Crippen MR) is 124 cm³/mol. The summed E-state index contributed by atoms with van der Waals surface area (Å²) < 4.78 is 5.79. The fraction of sp³-hybridized carbons (Fsp3) is 1.00. The summed E-state index contributed by atoms with van der Waals surface area (Å²) in [5.41, 5.74) is 1.26. The van der Waals surface area contributed by atoms with Crippen molar-refractivity contribution in [2.45, 2.75) is 118 Å². The first kappa shape index (κ1) is 22.2. The molecule has 29 heavy (non-hydrogen) atoms. The van der Waals surface area contributed by atoms with Crippen LogP contribution in [0.4, 0.5) is 0 Å². The second-order valence-corrected chi connectivity index (χ2v) is 12.8. The van der Waals surface area contributed by atoms with Gasteiger partial charge in [0.2, 0.25) is 0 Å². The summed E-state index contributed by atoms with van der Waals surface area (Å²) in [6.45, 7) is 12.8. The minimum Gasteiger partial charge on any atom is -0.381 e. The van der Waals surface area contributed by atoms with Crippen LogP contribution in [0.2, 0.25) is 0 Å². The zero-order chi connectivity index (χ0) is 20.8. The molecule has 0 aromatic rings. The van der Waals surface area contributed by atoms with Crippen molar-refractivity contribution in [2.24, 2.45) is 52.3 Å². The molecule has 0 heterocycles. The molecule has 0 aromatic carbocycles. The standard InChI is InChI=1S/C28H50O/c1-19(2)8-7-9-20(3)24-12-13-25-23-11-10-21-18-22(29-6)14-16-27(21,4)26(23)15-17-28(24,25)5/h19-26H,7-18H2,1-6H3/t20-,21?,22+,23?,24-,25?,26?,27+,28-/m1/s1. The molecule has 4 aliphatic carbocycles. The zero-order valence-electron chi connectivity index (χ0n) is 20.5. The quantitative estimate of drug-likeness (QED) is 0.436. The maximum Gasteiger partial charge on any atom is 0.0574 e. The second-order valence-electron chi connectivity index (χ2n) is 12.8. The van der Waals surface area contributed by atoms with Crippen LogP contribution in [0.5, 0.6) is 0 Å². The molecule has 1 heteroatoms. The van der Waals surface area contributed by atoms with Crippen LogP contribution in [0, 0.1) is 52.3 Å². The van der Waals surface area contributed by atoms with Crippen molar-refractivity contribution in [1.29, 1.82) is 0 Å². The van der Waals surface area contributed by atoms with E-state index >= 15 is 0 Å². The van der Waals surface area contributed by atoms with E-state index in [4.69, 9.17) is 4.74 Å². The lowest BCUT2D eigenvalue weighted by atomic mass is 9.44. The Bertz CT molecular complexity index is 555. The number of methoxy groups -OCH3 is 1. The van der Waals surface area contributed by atoms with Gasteiger partial charge in [-0.3, -0.25) is 0 Å². The van der Waals surface area contributed by atoms with Crippen molar-refractivity contribution in [2.75, 3.05) is 7.11 Å². The monoisotopic (exact) mass is 402 g/mol. The highest BCUT2D eigenvalue weighted by Crippen LogP contribution is 2.68. The number of hydrogen-bond acceptors (Lipinski definition) is 1. The maximum atomic E-state index is 5.79. The van der Waals surface area contributed by atoms with Gasteiger partial charge in [-0.15, -0.1) is 0 Å². The van der Waals surface area contributed by atoms with Gasteiger partial charge in [0.05, 0.1) is 6.10 Å². The second kappa shape index (κ2) is 8.48. The van der Waals surface area contributed by atoms with Gasteiger partial charge in [-0.05, 0) is 110 Å². The molecule has 4 unspecified atom stereocenters. The lowest BCUT2D eigenvalue weighted by Gasteiger charge is -2.61. The molecule has 4 aliphatic rings. The van der Waals surface area contributed by atoms with E-state index in [-0.39, 0.29) is 0 Å². The van der Waals surface area contributed by atoms with E-state index in [0.29, 0.717) is 16.9 Å². The fourth-order valence-corrected chi connectivity index (χ4v) is 9.46. The Morgan fingerprint density at radius 2 is 1.55 bits per heavy atom. The highest BCUT2D eigenvalue weighted by atomic mass is 16.5. The Hall–Kier alpha value is -0.0400. The van der Waals surface area contributed by atoms with Crippen LogP contribution in [0.15, 0.2) is 0 Å². The maximum absolute atomic E-state index is 5.79. The molecule has 4 rings (SSSR count). The smallest absolute Gasteiger partial charge is 0.0574 e. The van der Waals surface area contributed by atoms with Crippen molar-refractivity contribution in [3.05, 3.63) is 0 Å². The van der Waals surface area contributed by atoms with E-state index < -0.39 is 0 Å².